The third kappa shape index (κ3) is 4.49. The molecule has 0 saturated heterocycles. The average molecular weight is 211 g/mol. The normalized spacial score (nSPS) is 11.2. The first-order chi connectivity index (χ1) is 7.24. The number of hydrogen-bond donors (Lipinski definition) is 1. The lowest BCUT2D eigenvalue weighted by atomic mass is 10.2. The molecule has 0 aliphatic rings. The highest BCUT2D eigenvalue weighted by molar-refractivity contribution is 5.15. The van der Waals surface area contributed by atoms with Crippen LogP contribution in [0.5, 0.6) is 0 Å². The lowest BCUT2D eigenvalue weighted by Gasteiger charge is -2.07. The van der Waals surface area contributed by atoms with Crippen molar-refractivity contribution in [2.24, 2.45) is 0 Å². The molecule has 3 nitrogen and oxygen atoms in total. The summed E-state index contributed by atoms with van der Waals surface area (Å²) >= 11 is 0. The predicted octanol–water partition coefficient (Wildman–Crippen LogP) is 2.70. The quantitative estimate of drug-likeness (QED) is 0.704. The molecule has 86 valence electrons. The number of hydrogen-bond acceptors (Lipinski definition) is 3. The van der Waals surface area contributed by atoms with Crippen LogP contribution in [0.4, 0.5) is 0 Å². The van der Waals surface area contributed by atoms with Gasteiger partial charge in [0.25, 0.3) is 0 Å². The van der Waals surface area contributed by atoms with Crippen LogP contribution in [-0.4, -0.2) is 12.6 Å². The van der Waals surface area contributed by atoms with Gasteiger partial charge < -0.3 is 14.5 Å². The van der Waals surface area contributed by atoms with Gasteiger partial charge in [0.05, 0.1) is 19.4 Å². The summed E-state index contributed by atoms with van der Waals surface area (Å²) < 4.78 is 10.9. The summed E-state index contributed by atoms with van der Waals surface area (Å²) in [7, 11) is 0. The van der Waals surface area contributed by atoms with E-state index < -0.39 is 0 Å². The Kier molecular flexibility index (Phi) is 5.43. The van der Waals surface area contributed by atoms with Crippen molar-refractivity contribution in [2.45, 2.75) is 46.4 Å². The van der Waals surface area contributed by atoms with Gasteiger partial charge in [-0.1, -0.05) is 20.8 Å². The molecule has 3 heteroatoms. The Morgan fingerprint density at radius 1 is 1.47 bits per heavy atom. The second-order valence-corrected chi connectivity index (χ2v) is 3.96. The Balaban J connectivity index is 2.39. The zero-order valence-electron chi connectivity index (χ0n) is 9.88. The number of rotatable bonds is 7. The first kappa shape index (κ1) is 12.3. The molecule has 0 fully saturated rings. The lowest BCUT2D eigenvalue weighted by Crippen LogP contribution is -2.22. The van der Waals surface area contributed by atoms with Gasteiger partial charge in [-0.15, -0.1) is 0 Å². The van der Waals surface area contributed by atoms with E-state index in [9.17, 15) is 0 Å². The first-order valence-electron chi connectivity index (χ1n) is 5.60. The highest BCUT2D eigenvalue weighted by Crippen LogP contribution is 2.12. The molecule has 0 aliphatic carbocycles. The maximum absolute atomic E-state index is 5.49. The van der Waals surface area contributed by atoms with Gasteiger partial charge >= 0.3 is 0 Å². The minimum atomic E-state index is 0.472. The topological polar surface area (TPSA) is 34.4 Å². The SMILES string of the molecule is CCCOCc1ccoc1CNC(C)C. The van der Waals surface area contributed by atoms with E-state index in [0.29, 0.717) is 12.6 Å². The maximum Gasteiger partial charge on any atom is 0.123 e. The molecule has 1 rings (SSSR count). The van der Waals surface area contributed by atoms with Crippen molar-refractivity contribution < 1.29 is 9.15 Å². The minimum Gasteiger partial charge on any atom is -0.468 e. The molecule has 0 saturated carbocycles. The fourth-order valence-corrected chi connectivity index (χ4v) is 1.27. The third-order valence-electron chi connectivity index (χ3n) is 2.11. The van der Waals surface area contributed by atoms with Crippen molar-refractivity contribution in [1.29, 1.82) is 0 Å². The summed E-state index contributed by atoms with van der Waals surface area (Å²) in [6.07, 6.45) is 2.78. The summed E-state index contributed by atoms with van der Waals surface area (Å²) in [6.45, 7) is 8.58. The fourth-order valence-electron chi connectivity index (χ4n) is 1.27. The Bertz CT molecular complexity index is 268. The van der Waals surface area contributed by atoms with E-state index in [-0.39, 0.29) is 0 Å². The van der Waals surface area contributed by atoms with Gasteiger partial charge in [0.1, 0.15) is 5.76 Å². The molecule has 1 aromatic heterocycles. The molecular formula is C12H21NO2. The zero-order valence-corrected chi connectivity index (χ0v) is 9.88. The summed E-state index contributed by atoms with van der Waals surface area (Å²) in [5.41, 5.74) is 1.15. The lowest BCUT2D eigenvalue weighted by molar-refractivity contribution is 0.120. The van der Waals surface area contributed by atoms with Gasteiger partial charge in [-0.2, -0.15) is 0 Å². The van der Waals surface area contributed by atoms with Crippen LogP contribution in [0.15, 0.2) is 16.7 Å². The molecule has 1 heterocycles. The third-order valence-corrected chi connectivity index (χ3v) is 2.11. The molecule has 0 aromatic carbocycles. The Hall–Kier alpha value is -0.800. The van der Waals surface area contributed by atoms with Gasteiger partial charge in [0.2, 0.25) is 0 Å². The van der Waals surface area contributed by atoms with Crippen molar-refractivity contribution >= 4 is 0 Å². The van der Waals surface area contributed by atoms with Gasteiger partial charge in [-0.25, -0.2) is 0 Å². The smallest absolute Gasteiger partial charge is 0.123 e. The Labute approximate surface area is 91.8 Å². The standard InChI is InChI=1S/C12H21NO2/c1-4-6-14-9-11-5-7-15-12(11)8-13-10(2)3/h5,7,10,13H,4,6,8-9H2,1-3H3. The summed E-state index contributed by atoms with van der Waals surface area (Å²) in [6, 6.07) is 2.45. The van der Waals surface area contributed by atoms with E-state index in [2.05, 4.69) is 26.1 Å². The molecule has 0 unspecified atom stereocenters. The second kappa shape index (κ2) is 6.64. The molecule has 0 aliphatic heterocycles. The van der Waals surface area contributed by atoms with Gasteiger partial charge in [-0.05, 0) is 12.5 Å². The molecule has 0 spiro atoms. The van der Waals surface area contributed by atoms with Crippen LogP contribution in [0, 0.1) is 0 Å². The molecule has 0 amide bonds. The molecule has 1 N–H and O–H groups in total. The second-order valence-electron chi connectivity index (χ2n) is 3.96. The van der Waals surface area contributed by atoms with Crippen LogP contribution in [0.25, 0.3) is 0 Å². The molecule has 0 radical (unpaired) electrons. The van der Waals surface area contributed by atoms with E-state index >= 15 is 0 Å². The predicted molar refractivity (Wildman–Crippen MR) is 60.6 cm³/mol. The van der Waals surface area contributed by atoms with Crippen molar-refractivity contribution in [1.82, 2.24) is 5.32 Å². The summed E-state index contributed by atoms with van der Waals surface area (Å²) in [5.74, 6) is 0.986. The van der Waals surface area contributed by atoms with Gasteiger partial charge in [-0.3, -0.25) is 0 Å². The molecule has 15 heavy (non-hydrogen) atoms. The largest absolute Gasteiger partial charge is 0.468 e. The van der Waals surface area contributed by atoms with Crippen LogP contribution in [-0.2, 0) is 17.9 Å². The summed E-state index contributed by atoms with van der Waals surface area (Å²) in [4.78, 5) is 0. The molecular weight excluding hydrogens is 190 g/mol. The van der Waals surface area contributed by atoms with E-state index in [1.807, 2.05) is 6.07 Å². The monoisotopic (exact) mass is 211 g/mol. The average Bonchev–Trinajstić information content (AvgIpc) is 2.63. The first-order valence-corrected chi connectivity index (χ1v) is 5.60. The van der Waals surface area contributed by atoms with Crippen LogP contribution >= 0.6 is 0 Å². The number of furan rings is 1. The van der Waals surface area contributed by atoms with E-state index in [1.54, 1.807) is 6.26 Å². The van der Waals surface area contributed by atoms with Crippen LogP contribution in [0.3, 0.4) is 0 Å². The molecule has 0 bridgehead atoms. The molecule has 1 aromatic rings. The van der Waals surface area contributed by atoms with Crippen molar-refractivity contribution in [3.8, 4) is 0 Å². The van der Waals surface area contributed by atoms with E-state index in [1.165, 1.54) is 0 Å². The maximum atomic E-state index is 5.49. The molecule has 0 atom stereocenters. The van der Waals surface area contributed by atoms with Gasteiger partial charge in [0.15, 0.2) is 0 Å². The van der Waals surface area contributed by atoms with Crippen molar-refractivity contribution in [2.75, 3.05) is 6.61 Å². The Morgan fingerprint density at radius 2 is 2.27 bits per heavy atom. The Morgan fingerprint density at radius 3 is 2.93 bits per heavy atom. The number of nitrogens with one attached hydrogen (secondary N) is 1. The fraction of sp³-hybridized carbons (Fsp3) is 0.667. The number of ether oxygens (including phenoxy) is 1. The summed E-state index contributed by atoms with van der Waals surface area (Å²) in [5, 5.41) is 3.33. The highest BCUT2D eigenvalue weighted by atomic mass is 16.5. The van der Waals surface area contributed by atoms with Crippen molar-refractivity contribution in [3.05, 3.63) is 23.7 Å². The van der Waals surface area contributed by atoms with E-state index in [0.717, 1.165) is 30.9 Å². The van der Waals surface area contributed by atoms with Crippen LogP contribution in [0.2, 0.25) is 0 Å². The zero-order chi connectivity index (χ0) is 11.1. The van der Waals surface area contributed by atoms with E-state index in [4.69, 9.17) is 9.15 Å². The van der Waals surface area contributed by atoms with Crippen molar-refractivity contribution in [3.63, 3.8) is 0 Å². The van der Waals surface area contributed by atoms with Crippen LogP contribution < -0.4 is 5.32 Å². The van der Waals surface area contributed by atoms with Crippen LogP contribution in [0.1, 0.15) is 38.5 Å². The highest BCUT2D eigenvalue weighted by Gasteiger charge is 2.06. The minimum absolute atomic E-state index is 0.472. The van der Waals surface area contributed by atoms with Gasteiger partial charge in [0, 0.05) is 18.2 Å².